The van der Waals surface area contributed by atoms with E-state index in [4.69, 9.17) is 0 Å². The van der Waals surface area contributed by atoms with Crippen LogP contribution in [0.4, 0.5) is 0 Å². The molecule has 2 rings (SSSR count). The van der Waals surface area contributed by atoms with Gasteiger partial charge in [0.1, 0.15) is 0 Å². The average Bonchev–Trinajstić information content (AvgIpc) is 2.75. The molecule has 0 atom stereocenters. The van der Waals surface area contributed by atoms with Crippen LogP contribution < -0.4 is 11.2 Å². The van der Waals surface area contributed by atoms with Crippen molar-refractivity contribution < 1.29 is 4.79 Å². The number of Topliss-reactive ketones (excluding diaryl/α,β-unsaturated/α-hetero) is 1. The summed E-state index contributed by atoms with van der Waals surface area (Å²) in [5.74, 6) is -0.346. The molecule has 0 saturated carbocycles. The molecule has 100 valence electrons. The molecule has 5 nitrogen and oxygen atoms in total. The van der Waals surface area contributed by atoms with Crippen molar-refractivity contribution in [3.8, 4) is 0 Å². The van der Waals surface area contributed by atoms with Crippen molar-refractivity contribution >= 4 is 33.0 Å². The largest absolute Gasteiger partial charge is 0.331 e. The zero-order valence-corrected chi connectivity index (χ0v) is 12.7. The van der Waals surface area contributed by atoms with Gasteiger partial charge in [0.2, 0.25) is 0 Å². The Bertz CT molecular complexity index is 757. The molecule has 0 amide bonds. The van der Waals surface area contributed by atoms with E-state index in [2.05, 4.69) is 15.9 Å². The van der Waals surface area contributed by atoms with Gasteiger partial charge in [-0.3, -0.25) is 18.7 Å². The molecule has 0 aliphatic carbocycles. The van der Waals surface area contributed by atoms with Crippen LogP contribution in [0.5, 0.6) is 0 Å². The van der Waals surface area contributed by atoms with Gasteiger partial charge in [-0.05, 0) is 28.9 Å². The highest BCUT2D eigenvalue weighted by Gasteiger charge is 2.12. The number of halogens is 1. The van der Waals surface area contributed by atoms with Gasteiger partial charge in [-0.25, -0.2) is 4.79 Å². The summed E-state index contributed by atoms with van der Waals surface area (Å²) in [6.45, 7) is 1.65. The Hall–Kier alpha value is -1.47. The molecule has 0 radical (unpaired) electrons. The van der Waals surface area contributed by atoms with Crippen LogP contribution >= 0.6 is 27.3 Å². The standard InChI is InChI=1S/C12H11BrN2O3S/c1-7(16)10-5-15(12(18)14(2)11(10)17)4-9-3-8(13)6-19-9/h3,5-6H,4H2,1-2H3. The average molecular weight is 343 g/mol. The van der Waals surface area contributed by atoms with Crippen LogP contribution in [-0.4, -0.2) is 14.9 Å². The third-order valence-corrected chi connectivity index (χ3v) is 4.36. The Labute approximate surface area is 121 Å². The summed E-state index contributed by atoms with van der Waals surface area (Å²) in [7, 11) is 1.37. The summed E-state index contributed by atoms with van der Waals surface area (Å²) in [6, 6.07) is 1.90. The topological polar surface area (TPSA) is 61.1 Å². The number of nitrogens with zero attached hydrogens (tertiary/aromatic N) is 2. The normalized spacial score (nSPS) is 10.7. The number of thiophene rings is 1. The Morgan fingerprint density at radius 2 is 2.11 bits per heavy atom. The summed E-state index contributed by atoms with van der Waals surface area (Å²) >= 11 is 4.84. The lowest BCUT2D eigenvalue weighted by Gasteiger charge is -2.08. The summed E-state index contributed by atoms with van der Waals surface area (Å²) in [5, 5.41) is 1.91. The first-order chi connectivity index (χ1) is 8.90. The first-order valence-corrected chi connectivity index (χ1v) is 7.11. The highest BCUT2D eigenvalue weighted by Crippen LogP contribution is 2.20. The Morgan fingerprint density at radius 3 is 2.63 bits per heavy atom. The van der Waals surface area contributed by atoms with Gasteiger partial charge in [0.15, 0.2) is 5.78 Å². The van der Waals surface area contributed by atoms with Crippen molar-refractivity contribution in [3.63, 3.8) is 0 Å². The second-order valence-corrected chi connectivity index (χ2v) is 6.02. The molecule has 0 aliphatic rings. The van der Waals surface area contributed by atoms with Gasteiger partial charge in [0, 0.05) is 28.0 Å². The maximum atomic E-state index is 12.0. The number of carbonyl (C=O) groups is 1. The fourth-order valence-corrected chi connectivity index (χ4v) is 3.13. The fraction of sp³-hybridized carbons (Fsp3) is 0.250. The summed E-state index contributed by atoms with van der Waals surface area (Å²) < 4.78 is 3.27. The second-order valence-electron chi connectivity index (χ2n) is 4.10. The molecule has 0 saturated heterocycles. The molecule has 2 aromatic heterocycles. The van der Waals surface area contributed by atoms with Gasteiger partial charge >= 0.3 is 5.69 Å². The molecule has 0 spiro atoms. The van der Waals surface area contributed by atoms with Crippen LogP contribution in [0.3, 0.4) is 0 Å². The van der Waals surface area contributed by atoms with Crippen LogP contribution in [0.1, 0.15) is 22.2 Å². The Kier molecular flexibility index (Phi) is 3.86. The van der Waals surface area contributed by atoms with Crippen molar-refractivity contribution in [1.29, 1.82) is 0 Å². The van der Waals surface area contributed by atoms with Crippen LogP contribution in [0.2, 0.25) is 0 Å². The molecule has 0 N–H and O–H groups in total. The molecule has 2 aromatic rings. The van der Waals surface area contributed by atoms with Crippen LogP contribution in [0.25, 0.3) is 0 Å². The third-order valence-electron chi connectivity index (χ3n) is 2.68. The fourth-order valence-electron chi connectivity index (χ4n) is 1.69. The van der Waals surface area contributed by atoms with E-state index in [0.29, 0.717) is 6.54 Å². The van der Waals surface area contributed by atoms with Crippen molar-refractivity contribution in [2.24, 2.45) is 7.05 Å². The zero-order chi connectivity index (χ0) is 14.2. The summed E-state index contributed by atoms with van der Waals surface area (Å²) in [4.78, 5) is 36.1. The third kappa shape index (κ3) is 2.76. The van der Waals surface area contributed by atoms with Crippen molar-refractivity contribution in [2.45, 2.75) is 13.5 Å². The number of rotatable bonds is 3. The second kappa shape index (κ2) is 5.26. The van der Waals surface area contributed by atoms with Gasteiger partial charge < -0.3 is 0 Å². The van der Waals surface area contributed by atoms with E-state index in [-0.39, 0.29) is 11.3 Å². The van der Waals surface area contributed by atoms with E-state index in [0.717, 1.165) is 13.9 Å². The predicted octanol–water partition coefficient (Wildman–Crippen LogP) is 1.62. The zero-order valence-electron chi connectivity index (χ0n) is 10.3. The first-order valence-electron chi connectivity index (χ1n) is 5.44. The molecule has 0 unspecified atom stereocenters. The highest BCUT2D eigenvalue weighted by atomic mass is 79.9. The Balaban J connectivity index is 2.55. The summed E-state index contributed by atoms with van der Waals surface area (Å²) in [6.07, 6.45) is 1.33. The highest BCUT2D eigenvalue weighted by molar-refractivity contribution is 9.10. The van der Waals surface area contributed by atoms with Gasteiger partial charge in [0.25, 0.3) is 5.56 Å². The van der Waals surface area contributed by atoms with E-state index in [9.17, 15) is 14.4 Å². The molecular weight excluding hydrogens is 332 g/mol. The lowest BCUT2D eigenvalue weighted by atomic mass is 10.2. The van der Waals surface area contributed by atoms with E-state index in [1.165, 1.54) is 36.1 Å². The minimum Gasteiger partial charge on any atom is -0.294 e. The molecule has 0 bridgehead atoms. The molecule has 0 aromatic carbocycles. The lowest BCUT2D eigenvalue weighted by molar-refractivity contribution is 0.101. The quantitative estimate of drug-likeness (QED) is 0.796. The molecule has 19 heavy (non-hydrogen) atoms. The van der Waals surface area contributed by atoms with Crippen molar-refractivity contribution in [1.82, 2.24) is 9.13 Å². The van der Waals surface area contributed by atoms with Gasteiger partial charge in [-0.15, -0.1) is 11.3 Å². The van der Waals surface area contributed by atoms with E-state index in [1.807, 2.05) is 11.4 Å². The molecular formula is C12H11BrN2O3S. The predicted molar refractivity (Wildman–Crippen MR) is 77.1 cm³/mol. The monoisotopic (exact) mass is 342 g/mol. The molecule has 0 fully saturated rings. The van der Waals surface area contributed by atoms with Crippen LogP contribution in [0.15, 0.2) is 31.7 Å². The molecule has 0 aliphatic heterocycles. The van der Waals surface area contributed by atoms with Gasteiger partial charge in [-0.2, -0.15) is 0 Å². The number of carbonyl (C=O) groups excluding carboxylic acids is 1. The molecule has 7 heteroatoms. The number of ketones is 1. The van der Waals surface area contributed by atoms with Crippen molar-refractivity contribution in [2.75, 3.05) is 0 Å². The van der Waals surface area contributed by atoms with Gasteiger partial charge in [-0.1, -0.05) is 0 Å². The lowest BCUT2D eigenvalue weighted by Crippen LogP contribution is -2.40. The first kappa shape index (κ1) is 14.0. The number of hydrogen-bond acceptors (Lipinski definition) is 4. The summed E-state index contributed by atoms with van der Waals surface area (Å²) in [5.41, 5.74) is -0.960. The van der Waals surface area contributed by atoms with E-state index in [1.54, 1.807) is 0 Å². The van der Waals surface area contributed by atoms with E-state index < -0.39 is 11.2 Å². The maximum absolute atomic E-state index is 12.0. The van der Waals surface area contributed by atoms with Crippen LogP contribution in [-0.2, 0) is 13.6 Å². The minimum absolute atomic E-state index is 0.0257. The SMILES string of the molecule is CC(=O)c1cn(Cc2cc(Br)cs2)c(=O)n(C)c1=O. The number of aromatic nitrogens is 2. The maximum Gasteiger partial charge on any atom is 0.331 e. The number of hydrogen-bond donors (Lipinski definition) is 0. The van der Waals surface area contributed by atoms with Crippen LogP contribution in [0, 0.1) is 0 Å². The van der Waals surface area contributed by atoms with E-state index >= 15 is 0 Å². The molecule has 2 heterocycles. The minimum atomic E-state index is -0.555. The van der Waals surface area contributed by atoms with Gasteiger partial charge in [0.05, 0.1) is 12.1 Å². The van der Waals surface area contributed by atoms with Crippen molar-refractivity contribution in [3.05, 3.63) is 53.4 Å². The Morgan fingerprint density at radius 1 is 1.42 bits per heavy atom. The smallest absolute Gasteiger partial charge is 0.294 e.